The molecule has 2 rings (SSSR count). The second-order valence-corrected chi connectivity index (χ2v) is 7.98. The van der Waals surface area contributed by atoms with Crippen molar-refractivity contribution in [3.63, 3.8) is 0 Å². The number of carbonyl (C=O) groups excluding carboxylic acids is 1. The van der Waals surface area contributed by atoms with E-state index >= 15 is 0 Å². The molecule has 1 aromatic rings. The first-order valence-corrected chi connectivity index (χ1v) is 9.43. The number of hydrogen-bond donors (Lipinski definition) is 1. The molecule has 0 saturated carbocycles. The van der Waals surface area contributed by atoms with Crippen molar-refractivity contribution in [1.82, 2.24) is 9.80 Å². The Morgan fingerprint density at radius 2 is 1.76 bits per heavy atom. The molecule has 1 heterocycles. The number of amides is 1. The molecule has 1 saturated heterocycles. The average Bonchev–Trinajstić information content (AvgIpc) is 2.47. The number of halogens is 3. The van der Waals surface area contributed by atoms with Crippen molar-refractivity contribution < 1.29 is 26.4 Å². The highest BCUT2D eigenvalue weighted by Gasteiger charge is 2.47. The van der Waals surface area contributed by atoms with Crippen LogP contribution in [0.25, 0.3) is 0 Å². The number of nitrogens with zero attached hydrogens (tertiary/aromatic N) is 2. The summed E-state index contributed by atoms with van der Waals surface area (Å²) in [5.74, 6) is -0.514. The summed E-state index contributed by atoms with van der Waals surface area (Å²) in [5, 5.41) is 0. The van der Waals surface area contributed by atoms with Gasteiger partial charge in [-0.3, -0.25) is 14.4 Å². The van der Waals surface area contributed by atoms with Gasteiger partial charge in [-0.2, -0.15) is 13.2 Å². The zero-order valence-electron chi connectivity index (χ0n) is 14.0. The van der Waals surface area contributed by atoms with Crippen LogP contribution in [-0.4, -0.2) is 68.8 Å². The smallest absolute Gasteiger partial charge is 0.335 e. The van der Waals surface area contributed by atoms with Gasteiger partial charge in [0.05, 0.1) is 6.26 Å². The molecular weight excluding hydrogens is 359 g/mol. The maximum absolute atomic E-state index is 13.2. The zero-order valence-corrected chi connectivity index (χ0v) is 14.9. The fraction of sp³-hybridized carbons (Fsp3) is 0.533. The summed E-state index contributed by atoms with van der Waals surface area (Å²) in [6.45, 7) is 1.38. The second-order valence-electron chi connectivity index (χ2n) is 6.23. The molecule has 2 unspecified atom stereocenters. The van der Waals surface area contributed by atoms with Crippen LogP contribution in [0.15, 0.2) is 24.3 Å². The maximum atomic E-state index is 13.2. The van der Waals surface area contributed by atoms with Gasteiger partial charge in [0, 0.05) is 30.4 Å². The lowest BCUT2D eigenvalue weighted by molar-refractivity contribution is -0.197. The lowest BCUT2D eigenvalue weighted by Crippen LogP contribution is -2.62. The van der Waals surface area contributed by atoms with Gasteiger partial charge in [-0.25, -0.2) is 8.42 Å². The number of benzene rings is 1. The quantitative estimate of drug-likeness (QED) is 0.869. The number of hydrogen-bond acceptors (Lipinski definition) is 4. The molecule has 1 aliphatic rings. The predicted molar refractivity (Wildman–Crippen MR) is 87.9 cm³/mol. The topological polar surface area (TPSA) is 69.7 Å². The zero-order chi connectivity index (χ0) is 19.0. The van der Waals surface area contributed by atoms with Crippen LogP contribution in [-0.2, 0) is 10.0 Å². The molecule has 0 aromatic heterocycles. The molecule has 1 fully saturated rings. The van der Waals surface area contributed by atoms with Crippen molar-refractivity contribution in [3.8, 4) is 0 Å². The third-order valence-corrected chi connectivity index (χ3v) is 4.77. The summed E-state index contributed by atoms with van der Waals surface area (Å²) < 4.78 is 64.1. The summed E-state index contributed by atoms with van der Waals surface area (Å²) in [6.07, 6.45) is -3.43. The summed E-state index contributed by atoms with van der Waals surface area (Å²) >= 11 is 0. The Morgan fingerprint density at radius 1 is 1.20 bits per heavy atom. The van der Waals surface area contributed by atoms with Gasteiger partial charge in [0.15, 0.2) is 0 Å². The van der Waals surface area contributed by atoms with E-state index in [1.54, 1.807) is 6.92 Å². The molecule has 0 radical (unpaired) electrons. The van der Waals surface area contributed by atoms with Crippen molar-refractivity contribution in [1.29, 1.82) is 0 Å². The van der Waals surface area contributed by atoms with E-state index in [-0.39, 0.29) is 17.8 Å². The Balaban J connectivity index is 2.17. The molecule has 1 aliphatic heterocycles. The largest absolute Gasteiger partial charge is 0.405 e. The van der Waals surface area contributed by atoms with Gasteiger partial charge in [-0.15, -0.1) is 0 Å². The lowest BCUT2D eigenvalue weighted by atomic mass is 10.1. The number of piperazine rings is 1. The summed E-state index contributed by atoms with van der Waals surface area (Å²) in [7, 11) is -2.04. The monoisotopic (exact) mass is 379 g/mol. The summed E-state index contributed by atoms with van der Waals surface area (Å²) in [4.78, 5) is 14.9. The third-order valence-electron chi connectivity index (χ3n) is 4.16. The number of carbonyl (C=O) groups is 1. The molecule has 0 bridgehead atoms. The minimum absolute atomic E-state index is 0.186. The summed E-state index contributed by atoms with van der Waals surface area (Å²) in [6, 6.07) is 3.43. The first kappa shape index (κ1) is 19.5. The first-order valence-electron chi connectivity index (χ1n) is 7.54. The van der Waals surface area contributed by atoms with Crippen LogP contribution in [0.2, 0.25) is 0 Å². The van der Waals surface area contributed by atoms with E-state index in [0.29, 0.717) is 0 Å². The minimum atomic E-state index is -4.43. The van der Waals surface area contributed by atoms with E-state index in [1.807, 2.05) is 0 Å². The number of likely N-dealkylation sites (N-methyl/N-ethyl adjacent to an activating group) is 1. The second kappa shape index (κ2) is 6.83. The van der Waals surface area contributed by atoms with Crippen LogP contribution in [0.3, 0.4) is 0 Å². The number of nitrogens with one attached hydrogen (secondary N) is 1. The maximum Gasteiger partial charge on any atom is 0.405 e. The summed E-state index contributed by atoms with van der Waals surface area (Å²) in [5.41, 5.74) is 0.482. The predicted octanol–water partition coefficient (Wildman–Crippen LogP) is 1.77. The fourth-order valence-electron chi connectivity index (χ4n) is 2.74. The molecule has 2 atom stereocenters. The minimum Gasteiger partial charge on any atom is -0.335 e. The van der Waals surface area contributed by atoms with E-state index in [2.05, 4.69) is 4.72 Å². The van der Waals surface area contributed by atoms with Crippen LogP contribution < -0.4 is 4.72 Å². The highest BCUT2D eigenvalue weighted by atomic mass is 32.2. The van der Waals surface area contributed by atoms with E-state index in [9.17, 15) is 26.4 Å². The normalized spacial score (nSPS) is 22.7. The van der Waals surface area contributed by atoms with E-state index < -0.39 is 40.7 Å². The fourth-order valence-corrected chi connectivity index (χ4v) is 3.31. The molecule has 10 heteroatoms. The highest BCUT2D eigenvalue weighted by molar-refractivity contribution is 7.92. The van der Waals surface area contributed by atoms with Crippen LogP contribution in [0.4, 0.5) is 18.9 Å². The van der Waals surface area contributed by atoms with Crippen LogP contribution in [0.1, 0.15) is 17.3 Å². The Kier molecular flexibility index (Phi) is 5.33. The van der Waals surface area contributed by atoms with Gasteiger partial charge in [0.25, 0.3) is 5.91 Å². The van der Waals surface area contributed by atoms with Crippen LogP contribution in [0.5, 0.6) is 0 Å². The first-order chi connectivity index (χ1) is 11.4. The van der Waals surface area contributed by atoms with Gasteiger partial charge in [-0.1, -0.05) is 0 Å². The Hall–Kier alpha value is -1.81. The number of alkyl halides is 3. The van der Waals surface area contributed by atoms with Gasteiger partial charge in [-0.05, 0) is 38.2 Å². The van der Waals surface area contributed by atoms with Crippen molar-refractivity contribution in [2.24, 2.45) is 0 Å². The number of rotatable bonds is 3. The van der Waals surface area contributed by atoms with Gasteiger partial charge in [0.2, 0.25) is 10.0 Å². The molecule has 1 amide bonds. The molecule has 25 heavy (non-hydrogen) atoms. The number of anilines is 1. The Morgan fingerprint density at radius 3 is 2.24 bits per heavy atom. The molecule has 0 spiro atoms. The lowest BCUT2D eigenvalue weighted by Gasteiger charge is -2.44. The Labute approximate surface area is 144 Å². The molecule has 1 N–H and O–H groups in total. The molecule has 1 aromatic carbocycles. The molecule has 140 valence electrons. The van der Waals surface area contributed by atoms with Crippen molar-refractivity contribution in [2.45, 2.75) is 25.2 Å². The van der Waals surface area contributed by atoms with E-state index in [1.165, 1.54) is 41.1 Å². The van der Waals surface area contributed by atoms with Gasteiger partial charge >= 0.3 is 6.18 Å². The van der Waals surface area contributed by atoms with Crippen molar-refractivity contribution in [3.05, 3.63) is 29.8 Å². The molecule has 0 aliphatic carbocycles. The average molecular weight is 379 g/mol. The standard InChI is InChI=1S/C15H20F3N3O3S/c1-10-8-21(9-13(20(10)2)15(16,17)18)14(22)11-4-6-12(7-5-11)19-25(3,23)24/h4-7,10,13,19H,8-9H2,1-3H3. The van der Waals surface area contributed by atoms with Gasteiger partial charge in [0.1, 0.15) is 6.04 Å². The van der Waals surface area contributed by atoms with E-state index in [4.69, 9.17) is 0 Å². The van der Waals surface area contributed by atoms with Gasteiger partial charge < -0.3 is 4.90 Å². The SMILES string of the molecule is CC1CN(C(=O)c2ccc(NS(C)(=O)=O)cc2)CC(C(F)(F)F)N1C. The van der Waals surface area contributed by atoms with Crippen molar-refractivity contribution in [2.75, 3.05) is 31.1 Å². The van der Waals surface area contributed by atoms with Crippen LogP contribution >= 0.6 is 0 Å². The molecular formula is C15H20F3N3O3S. The van der Waals surface area contributed by atoms with E-state index in [0.717, 1.165) is 6.26 Å². The Bertz CT molecular complexity index is 735. The highest BCUT2D eigenvalue weighted by Crippen LogP contribution is 2.29. The van der Waals surface area contributed by atoms with Crippen LogP contribution in [0, 0.1) is 0 Å². The number of sulfonamides is 1. The molecule has 6 nitrogen and oxygen atoms in total. The third kappa shape index (κ3) is 4.85. The van der Waals surface area contributed by atoms with Crippen molar-refractivity contribution >= 4 is 21.6 Å².